The van der Waals surface area contributed by atoms with Crippen molar-refractivity contribution in [2.24, 2.45) is 0 Å². The first-order valence-corrected chi connectivity index (χ1v) is 6.27. The summed E-state index contributed by atoms with van der Waals surface area (Å²) in [5, 5.41) is 0. The predicted molar refractivity (Wildman–Crippen MR) is 77.7 cm³/mol. The lowest BCUT2D eigenvalue weighted by molar-refractivity contribution is 0.0994. The van der Waals surface area contributed by atoms with E-state index in [0.717, 1.165) is 10.2 Å². The van der Waals surface area contributed by atoms with Crippen molar-refractivity contribution in [1.29, 1.82) is 0 Å². The lowest BCUT2D eigenvalue weighted by Crippen LogP contribution is -2.26. The molecule has 0 aromatic heterocycles. The molecule has 0 aliphatic heterocycles. The minimum absolute atomic E-state index is 0.119. The number of carbonyl (C=O) groups is 1. The Morgan fingerprint density at radius 3 is 2.56 bits per heavy atom. The largest absolute Gasteiger partial charge is 0.398 e. The summed E-state index contributed by atoms with van der Waals surface area (Å²) in [7, 11) is 1.73. The molecule has 0 atom stereocenters. The van der Waals surface area contributed by atoms with E-state index in [1.807, 2.05) is 30.3 Å². The normalized spacial score (nSPS) is 10.1. The van der Waals surface area contributed by atoms with Gasteiger partial charge < -0.3 is 10.6 Å². The zero-order valence-electron chi connectivity index (χ0n) is 9.93. The molecule has 92 valence electrons. The highest BCUT2D eigenvalue weighted by atomic mass is 79.9. The first kappa shape index (κ1) is 12.6. The summed E-state index contributed by atoms with van der Waals surface area (Å²) in [6.07, 6.45) is 0. The monoisotopic (exact) mass is 304 g/mol. The van der Waals surface area contributed by atoms with Crippen LogP contribution in [0, 0.1) is 0 Å². The van der Waals surface area contributed by atoms with Gasteiger partial charge in [-0.3, -0.25) is 4.79 Å². The molecule has 2 aromatic carbocycles. The van der Waals surface area contributed by atoms with E-state index in [2.05, 4.69) is 15.9 Å². The van der Waals surface area contributed by atoms with Crippen molar-refractivity contribution in [3.8, 4) is 0 Å². The first-order valence-electron chi connectivity index (χ1n) is 5.47. The third-order valence-electron chi connectivity index (χ3n) is 2.69. The van der Waals surface area contributed by atoms with Crippen molar-refractivity contribution in [1.82, 2.24) is 0 Å². The zero-order chi connectivity index (χ0) is 13.1. The smallest absolute Gasteiger partial charge is 0.260 e. The van der Waals surface area contributed by atoms with Crippen LogP contribution in [-0.2, 0) is 0 Å². The van der Waals surface area contributed by atoms with Gasteiger partial charge in [0.15, 0.2) is 0 Å². The van der Waals surface area contributed by atoms with Crippen LogP contribution in [0.15, 0.2) is 53.0 Å². The maximum Gasteiger partial charge on any atom is 0.260 e. The highest BCUT2D eigenvalue weighted by Gasteiger charge is 2.15. The number of benzene rings is 2. The van der Waals surface area contributed by atoms with Crippen LogP contribution < -0.4 is 10.6 Å². The van der Waals surface area contributed by atoms with Gasteiger partial charge in [-0.05, 0) is 30.3 Å². The summed E-state index contributed by atoms with van der Waals surface area (Å²) in [5.41, 5.74) is 7.63. The van der Waals surface area contributed by atoms with Crippen molar-refractivity contribution >= 4 is 33.2 Å². The summed E-state index contributed by atoms with van der Waals surface area (Å²) in [6.45, 7) is 0. The number of nitrogens with zero attached hydrogens (tertiary/aromatic N) is 1. The number of carbonyl (C=O) groups excluding carboxylic acids is 1. The number of anilines is 2. The fourth-order valence-electron chi connectivity index (χ4n) is 1.67. The van der Waals surface area contributed by atoms with Gasteiger partial charge in [0.2, 0.25) is 0 Å². The van der Waals surface area contributed by atoms with Crippen LogP contribution in [0.2, 0.25) is 0 Å². The minimum atomic E-state index is -0.119. The fourth-order valence-corrected chi connectivity index (χ4v) is 2.06. The molecular formula is C14H13BrN2O. The highest BCUT2D eigenvalue weighted by Crippen LogP contribution is 2.22. The SMILES string of the molecule is CN(C(=O)c1ccccc1N)c1cccc(Br)c1. The molecule has 3 nitrogen and oxygen atoms in total. The number of nitrogen functional groups attached to an aromatic ring is 1. The number of rotatable bonds is 2. The molecule has 0 heterocycles. The molecule has 2 rings (SSSR count). The van der Waals surface area contributed by atoms with E-state index in [-0.39, 0.29) is 5.91 Å². The van der Waals surface area contributed by atoms with Crippen LogP contribution in [-0.4, -0.2) is 13.0 Å². The van der Waals surface area contributed by atoms with Crippen molar-refractivity contribution in [3.05, 3.63) is 58.6 Å². The number of amides is 1. The number of hydrogen-bond acceptors (Lipinski definition) is 2. The van der Waals surface area contributed by atoms with Gasteiger partial charge >= 0.3 is 0 Å². The van der Waals surface area contributed by atoms with Crippen LogP contribution >= 0.6 is 15.9 Å². The Bertz CT molecular complexity index is 584. The van der Waals surface area contributed by atoms with Gasteiger partial charge in [0.1, 0.15) is 0 Å². The lowest BCUT2D eigenvalue weighted by Gasteiger charge is -2.18. The van der Waals surface area contributed by atoms with Crippen molar-refractivity contribution < 1.29 is 4.79 Å². The molecule has 2 aromatic rings. The fraction of sp³-hybridized carbons (Fsp3) is 0.0714. The molecule has 0 fully saturated rings. The molecule has 0 spiro atoms. The number of nitrogens with two attached hydrogens (primary N) is 1. The van der Waals surface area contributed by atoms with E-state index in [1.165, 1.54) is 0 Å². The molecule has 2 N–H and O–H groups in total. The van der Waals surface area contributed by atoms with Gasteiger partial charge in [-0.15, -0.1) is 0 Å². The van der Waals surface area contributed by atoms with E-state index in [9.17, 15) is 4.79 Å². The Morgan fingerprint density at radius 2 is 1.89 bits per heavy atom. The topological polar surface area (TPSA) is 46.3 Å². The van der Waals surface area contributed by atoms with E-state index in [4.69, 9.17) is 5.73 Å². The zero-order valence-corrected chi connectivity index (χ0v) is 11.5. The Labute approximate surface area is 114 Å². The highest BCUT2D eigenvalue weighted by molar-refractivity contribution is 9.10. The van der Waals surface area contributed by atoms with Crippen LogP contribution in [0.5, 0.6) is 0 Å². The third kappa shape index (κ3) is 2.54. The molecule has 18 heavy (non-hydrogen) atoms. The van der Waals surface area contributed by atoms with E-state index < -0.39 is 0 Å². The Kier molecular flexibility index (Phi) is 3.67. The second-order valence-electron chi connectivity index (χ2n) is 3.93. The van der Waals surface area contributed by atoms with Gasteiger partial charge in [-0.2, -0.15) is 0 Å². The second kappa shape index (κ2) is 5.23. The van der Waals surface area contributed by atoms with Gasteiger partial charge in [0.25, 0.3) is 5.91 Å². The number of hydrogen-bond donors (Lipinski definition) is 1. The number of para-hydroxylation sites is 1. The van der Waals surface area contributed by atoms with Gasteiger partial charge in [-0.1, -0.05) is 34.1 Å². The first-order chi connectivity index (χ1) is 8.59. The molecule has 0 unspecified atom stereocenters. The van der Waals surface area contributed by atoms with Gasteiger partial charge in [0.05, 0.1) is 5.56 Å². The quantitative estimate of drug-likeness (QED) is 0.865. The summed E-state index contributed by atoms with van der Waals surface area (Å²) < 4.78 is 0.931. The van der Waals surface area contributed by atoms with Crippen molar-refractivity contribution in [2.45, 2.75) is 0 Å². The summed E-state index contributed by atoms with van der Waals surface area (Å²) >= 11 is 3.39. The Balaban J connectivity index is 2.32. The Hall–Kier alpha value is -1.81. The van der Waals surface area contributed by atoms with Crippen LogP contribution in [0.1, 0.15) is 10.4 Å². The molecule has 1 amide bonds. The average molecular weight is 305 g/mol. The molecule has 0 saturated heterocycles. The summed E-state index contributed by atoms with van der Waals surface area (Å²) in [4.78, 5) is 13.9. The standard InChI is InChI=1S/C14H13BrN2O/c1-17(11-6-4-5-10(15)9-11)14(18)12-7-2-3-8-13(12)16/h2-9H,16H2,1H3. The third-order valence-corrected chi connectivity index (χ3v) is 3.18. The average Bonchev–Trinajstić information content (AvgIpc) is 2.37. The lowest BCUT2D eigenvalue weighted by atomic mass is 10.1. The van der Waals surface area contributed by atoms with E-state index in [1.54, 1.807) is 30.1 Å². The molecular weight excluding hydrogens is 292 g/mol. The van der Waals surface area contributed by atoms with Crippen LogP contribution in [0.25, 0.3) is 0 Å². The summed E-state index contributed by atoms with van der Waals surface area (Å²) in [5.74, 6) is -0.119. The predicted octanol–water partition coefficient (Wildman–Crippen LogP) is 3.31. The molecule has 4 heteroatoms. The van der Waals surface area contributed by atoms with Crippen molar-refractivity contribution in [3.63, 3.8) is 0 Å². The minimum Gasteiger partial charge on any atom is -0.398 e. The maximum absolute atomic E-state index is 12.3. The Morgan fingerprint density at radius 1 is 1.17 bits per heavy atom. The molecule has 0 saturated carbocycles. The molecule has 0 aliphatic rings. The second-order valence-corrected chi connectivity index (χ2v) is 4.85. The summed E-state index contributed by atoms with van der Waals surface area (Å²) in [6, 6.07) is 14.6. The number of halogens is 1. The van der Waals surface area contributed by atoms with Crippen molar-refractivity contribution in [2.75, 3.05) is 17.7 Å². The molecule has 0 aliphatic carbocycles. The maximum atomic E-state index is 12.3. The van der Waals surface area contributed by atoms with E-state index >= 15 is 0 Å². The van der Waals surface area contributed by atoms with Gasteiger partial charge in [-0.25, -0.2) is 0 Å². The van der Waals surface area contributed by atoms with Crippen LogP contribution in [0.3, 0.4) is 0 Å². The molecule has 0 radical (unpaired) electrons. The van der Waals surface area contributed by atoms with E-state index in [0.29, 0.717) is 11.3 Å². The van der Waals surface area contributed by atoms with Crippen LogP contribution in [0.4, 0.5) is 11.4 Å². The molecule has 0 bridgehead atoms. The van der Waals surface area contributed by atoms with Gasteiger partial charge in [0, 0.05) is 22.9 Å².